The van der Waals surface area contributed by atoms with Crippen LogP contribution < -0.4 is 0 Å². The molecule has 0 N–H and O–H groups in total. The van der Waals surface area contributed by atoms with Crippen LogP contribution in [-0.2, 0) is 14.3 Å². The molecule has 4 rings (SSSR count). The van der Waals surface area contributed by atoms with Crippen LogP contribution in [0.2, 0.25) is 0 Å². The quantitative estimate of drug-likeness (QED) is 0.730. The normalized spacial score (nSPS) is 27.3. The van der Waals surface area contributed by atoms with Gasteiger partial charge in [0.2, 0.25) is 11.8 Å². The van der Waals surface area contributed by atoms with E-state index in [-0.39, 0.29) is 23.8 Å². The summed E-state index contributed by atoms with van der Waals surface area (Å²) < 4.78 is 5.22. The van der Waals surface area contributed by atoms with E-state index in [0.717, 1.165) is 25.9 Å². The van der Waals surface area contributed by atoms with Gasteiger partial charge in [0.15, 0.2) is 0 Å². The van der Waals surface area contributed by atoms with Crippen LogP contribution in [0, 0.1) is 5.41 Å². The average molecular weight is 420 g/mol. The Morgan fingerprint density at radius 1 is 1.24 bits per heavy atom. The molecule has 8 heteroatoms. The van der Waals surface area contributed by atoms with Crippen LogP contribution in [0.4, 0.5) is 0 Å². The Hall–Kier alpha value is -1.93. The van der Waals surface area contributed by atoms with Gasteiger partial charge in [0.25, 0.3) is 5.91 Å². The van der Waals surface area contributed by atoms with Gasteiger partial charge in [-0.2, -0.15) is 0 Å². The minimum absolute atomic E-state index is 0.00705. The van der Waals surface area contributed by atoms with Gasteiger partial charge in [0, 0.05) is 52.3 Å². The van der Waals surface area contributed by atoms with Crippen LogP contribution in [0.25, 0.3) is 0 Å². The first-order chi connectivity index (χ1) is 14.1. The zero-order valence-corrected chi connectivity index (χ0v) is 17.8. The zero-order chi connectivity index (χ0) is 20.4. The predicted octanol–water partition coefficient (Wildman–Crippen LogP) is 1.84. The van der Waals surface area contributed by atoms with Crippen molar-refractivity contribution in [1.82, 2.24) is 14.7 Å². The molecular formula is C21H29N3O4S. The van der Waals surface area contributed by atoms with Gasteiger partial charge < -0.3 is 19.4 Å². The highest BCUT2D eigenvalue weighted by Crippen LogP contribution is 2.44. The standard InChI is InChI=1S/C21H29N3O4S/c1-28-13-12-24-17-7-11-23(19(26)16-5-4-14-29-16)15-21(17,8-6-18(24)25)20(27)22-9-2-3-10-22/h4-5,14,17H,2-3,6-13,15H2,1H3/t17-,21+/m1/s1. The first-order valence-corrected chi connectivity index (χ1v) is 11.4. The lowest BCUT2D eigenvalue weighted by Crippen LogP contribution is -2.68. The molecule has 29 heavy (non-hydrogen) atoms. The van der Waals surface area contributed by atoms with E-state index in [1.807, 2.05) is 32.2 Å². The minimum Gasteiger partial charge on any atom is -0.383 e. The molecule has 1 aromatic rings. The zero-order valence-electron chi connectivity index (χ0n) is 17.0. The van der Waals surface area contributed by atoms with Gasteiger partial charge in [-0.3, -0.25) is 14.4 Å². The Labute approximate surface area is 175 Å². The Kier molecular flexibility index (Phi) is 5.92. The third kappa shape index (κ3) is 3.68. The SMILES string of the molecule is COCCN1C(=O)CC[C@]2(C(=O)N3CCCC3)CN(C(=O)c3cccs3)CC[C@@H]12. The van der Waals surface area contributed by atoms with Gasteiger partial charge in [-0.1, -0.05) is 6.07 Å². The number of carbonyl (C=O) groups is 3. The topological polar surface area (TPSA) is 70.2 Å². The second kappa shape index (κ2) is 8.44. The number of rotatable bonds is 5. The number of nitrogens with zero attached hydrogens (tertiary/aromatic N) is 3. The maximum Gasteiger partial charge on any atom is 0.263 e. The van der Waals surface area contributed by atoms with Crippen LogP contribution in [-0.4, -0.2) is 84.9 Å². The maximum absolute atomic E-state index is 13.8. The van der Waals surface area contributed by atoms with Crippen molar-refractivity contribution in [3.63, 3.8) is 0 Å². The summed E-state index contributed by atoms with van der Waals surface area (Å²) in [5.41, 5.74) is -0.711. The molecule has 3 saturated heterocycles. The number of fused-ring (bicyclic) bond motifs is 1. The smallest absolute Gasteiger partial charge is 0.263 e. The second-order valence-corrected chi connectivity index (χ2v) is 9.19. The van der Waals surface area contributed by atoms with Crippen LogP contribution in [0.3, 0.4) is 0 Å². The summed E-state index contributed by atoms with van der Waals surface area (Å²) in [7, 11) is 1.62. The van der Waals surface area contributed by atoms with Gasteiger partial charge in [-0.25, -0.2) is 0 Å². The molecule has 0 aliphatic carbocycles. The fraction of sp³-hybridized carbons (Fsp3) is 0.667. The number of carbonyl (C=O) groups excluding carboxylic acids is 3. The molecule has 4 heterocycles. The minimum atomic E-state index is -0.711. The van der Waals surface area contributed by atoms with E-state index in [4.69, 9.17) is 4.74 Å². The Morgan fingerprint density at radius 2 is 2.03 bits per heavy atom. The lowest BCUT2D eigenvalue weighted by Gasteiger charge is -2.54. The van der Waals surface area contributed by atoms with E-state index in [1.165, 1.54) is 11.3 Å². The van der Waals surface area contributed by atoms with Crippen molar-refractivity contribution in [3.05, 3.63) is 22.4 Å². The van der Waals surface area contributed by atoms with Crippen molar-refractivity contribution in [2.24, 2.45) is 5.41 Å². The van der Waals surface area contributed by atoms with Crippen LogP contribution in [0.15, 0.2) is 17.5 Å². The summed E-state index contributed by atoms with van der Waals surface area (Å²) >= 11 is 1.43. The number of thiophene rings is 1. The number of amides is 3. The summed E-state index contributed by atoms with van der Waals surface area (Å²) in [5.74, 6) is 0.209. The van der Waals surface area contributed by atoms with Gasteiger partial charge in [-0.05, 0) is 37.1 Å². The summed E-state index contributed by atoms with van der Waals surface area (Å²) in [5, 5.41) is 1.90. The number of likely N-dealkylation sites (tertiary alicyclic amines) is 3. The molecular weight excluding hydrogens is 390 g/mol. The van der Waals surface area contributed by atoms with Crippen molar-refractivity contribution in [3.8, 4) is 0 Å². The molecule has 3 aliphatic rings. The molecule has 3 fully saturated rings. The lowest BCUT2D eigenvalue weighted by molar-refractivity contribution is -0.163. The first-order valence-electron chi connectivity index (χ1n) is 10.5. The molecule has 0 bridgehead atoms. The number of hydrogen-bond donors (Lipinski definition) is 0. The van der Waals surface area contributed by atoms with Crippen molar-refractivity contribution in [2.75, 3.05) is 46.4 Å². The van der Waals surface area contributed by atoms with Crippen molar-refractivity contribution in [1.29, 1.82) is 0 Å². The van der Waals surface area contributed by atoms with Gasteiger partial charge in [0.05, 0.1) is 16.9 Å². The van der Waals surface area contributed by atoms with Crippen LogP contribution in [0.1, 0.15) is 41.8 Å². The predicted molar refractivity (Wildman–Crippen MR) is 110 cm³/mol. The number of ether oxygens (including phenoxy) is 1. The second-order valence-electron chi connectivity index (χ2n) is 8.24. The third-order valence-electron chi connectivity index (χ3n) is 6.64. The molecule has 0 saturated carbocycles. The third-order valence-corrected chi connectivity index (χ3v) is 7.50. The van der Waals surface area contributed by atoms with Crippen LogP contribution in [0.5, 0.6) is 0 Å². The van der Waals surface area contributed by atoms with Gasteiger partial charge >= 0.3 is 0 Å². The van der Waals surface area contributed by atoms with Crippen molar-refractivity contribution in [2.45, 2.75) is 38.1 Å². The molecule has 0 aromatic carbocycles. The molecule has 3 amide bonds. The lowest BCUT2D eigenvalue weighted by atomic mass is 9.68. The number of piperidine rings is 2. The van der Waals surface area contributed by atoms with E-state index in [0.29, 0.717) is 50.4 Å². The first kappa shape index (κ1) is 20.3. The molecule has 0 spiro atoms. The van der Waals surface area contributed by atoms with Crippen LogP contribution >= 0.6 is 11.3 Å². The van der Waals surface area contributed by atoms with E-state index in [1.54, 1.807) is 7.11 Å². The molecule has 158 valence electrons. The summed E-state index contributed by atoms with van der Waals surface area (Å²) in [4.78, 5) is 45.9. The highest BCUT2D eigenvalue weighted by atomic mass is 32.1. The molecule has 2 atom stereocenters. The molecule has 7 nitrogen and oxygen atoms in total. The summed E-state index contributed by atoms with van der Waals surface area (Å²) in [6, 6.07) is 3.55. The van der Waals surface area contributed by atoms with Gasteiger partial charge in [-0.15, -0.1) is 11.3 Å². The summed E-state index contributed by atoms with van der Waals surface area (Å²) in [6.45, 7) is 3.45. The monoisotopic (exact) mass is 419 g/mol. The van der Waals surface area contributed by atoms with E-state index >= 15 is 0 Å². The number of hydrogen-bond acceptors (Lipinski definition) is 5. The number of methoxy groups -OCH3 is 1. The summed E-state index contributed by atoms with van der Waals surface area (Å²) in [6.07, 6.45) is 3.55. The average Bonchev–Trinajstić information content (AvgIpc) is 3.46. The molecule has 0 radical (unpaired) electrons. The van der Waals surface area contributed by atoms with E-state index < -0.39 is 5.41 Å². The maximum atomic E-state index is 13.8. The highest BCUT2D eigenvalue weighted by molar-refractivity contribution is 7.12. The highest BCUT2D eigenvalue weighted by Gasteiger charge is 2.57. The van der Waals surface area contributed by atoms with E-state index in [9.17, 15) is 14.4 Å². The van der Waals surface area contributed by atoms with Gasteiger partial charge in [0.1, 0.15) is 0 Å². The molecule has 1 aromatic heterocycles. The Bertz CT molecular complexity index is 762. The van der Waals surface area contributed by atoms with Crippen molar-refractivity contribution < 1.29 is 19.1 Å². The van der Waals surface area contributed by atoms with E-state index in [2.05, 4.69) is 0 Å². The molecule has 3 aliphatic heterocycles. The Morgan fingerprint density at radius 3 is 2.72 bits per heavy atom. The fourth-order valence-electron chi connectivity index (χ4n) is 5.18. The Balaban J connectivity index is 1.65. The molecule has 0 unspecified atom stereocenters. The van der Waals surface area contributed by atoms with Crippen molar-refractivity contribution >= 4 is 29.1 Å². The fourth-order valence-corrected chi connectivity index (χ4v) is 5.87. The largest absolute Gasteiger partial charge is 0.383 e.